The van der Waals surface area contributed by atoms with Crippen LogP contribution in [0.15, 0.2) is 65.7 Å². The van der Waals surface area contributed by atoms with Gasteiger partial charge < -0.3 is 99.0 Å². The lowest BCUT2D eigenvalue weighted by atomic mass is 9.99. The van der Waals surface area contributed by atoms with Gasteiger partial charge in [-0.2, -0.15) is 12.6 Å². The highest BCUT2D eigenvalue weighted by Gasteiger charge is 2.37. The number of hydrogen-bond donors (Lipinski definition) is 19. The third-order valence-electron chi connectivity index (χ3n) is 16.3. The standard InChI is InChI=1S/C69H119N19O11S/c1-42(2)36-54(85-63(94)52(30-21-35-78-69(76)77)81-60(91)48(26-13-17-31-70)79-59(90)47(74)39-45-22-9-7-10-23-45)65(96)83-51(29-16-20-34-73)64(95)88-57(41-100)68(99)87-56(38-44(5)6)67(98)86-55(37-43(3)4)66(97)82-49(27-14-18-32-71)61(92)80-50(28-15-19-33-72)62(93)84-53(58(75)89)40-46-24-11-8-12-25-46/h7-12,22-25,42-44,47-57,100H,13-21,26-41,70-74H2,1-6H3,(H2,75,89)(H,79,90)(H,80,92)(H,81,91)(H,82,97)(H,83,96)(H,84,93)(H,85,94)(H,86,98)(H,87,99)(H,88,95)(H4,76,77,78)/t47-,48+,49-,50+,51-,52-,53-,54+,55+,56-,57+/m1/s1. The Kier molecular flexibility index (Phi) is 43.7. The molecule has 0 saturated heterocycles. The fourth-order valence-electron chi connectivity index (χ4n) is 10.9. The molecular weight excluding hydrogens is 1300 g/mol. The van der Waals surface area contributed by atoms with Crippen LogP contribution in [0.25, 0.3) is 0 Å². The zero-order valence-electron chi connectivity index (χ0n) is 59.5. The van der Waals surface area contributed by atoms with Crippen molar-refractivity contribution in [1.29, 1.82) is 0 Å². The highest BCUT2D eigenvalue weighted by Crippen LogP contribution is 2.16. The molecule has 2 aromatic rings. The Morgan fingerprint density at radius 2 is 0.610 bits per heavy atom. The largest absolute Gasteiger partial charge is 0.370 e. The monoisotopic (exact) mass is 1420 g/mol. The molecular formula is C69H119N19O11S. The van der Waals surface area contributed by atoms with Crippen LogP contribution in [0.2, 0.25) is 0 Å². The molecule has 0 aliphatic rings. The number of hydrogen-bond acceptors (Lipinski definition) is 18. The van der Waals surface area contributed by atoms with Gasteiger partial charge in [0.2, 0.25) is 65.0 Å². The van der Waals surface area contributed by atoms with E-state index in [1.165, 1.54) is 0 Å². The van der Waals surface area contributed by atoms with E-state index in [9.17, 15) is 52.7 Å². The Balaban J connectivity index is 2.44. The average molecular weight is 1420 g/mol. The number of thiol groups is 1. The second-order valence-corrected chi connectivity index (χ2v) is 27.0. The minimum atomic E-state index is -1.39. The van der Waals surface area contributed by atoms with Crippen LogP contribution < -0.4 is 99.0 Å². The number of carbonyl (C=O) groups excluding carboxylic acids is 11. The maximum atomic E-state index is 14.5. The molecule has 562 valence electrons. The number of aliphatic imine (C=N–C) groups is 1. The van der Waals surface area contributed by atoms with E-state index in [2.05, 4.69) is 70.8 Å². The minimum absolute atomic E-state index is 0.0102. The van der Waals surface area contributed by atoms with Crippen LogP contribution in [0.5, 0.6) is 0 Å². The Morgan fingerprint density at radius 3 is 0.900 bits per heavy atom. The molecule has 0 spiro atoms. The van der Waals surface area contributed by atoms with Crippen molar-refractivity contribution in [2.75, 3.05) is 38.5 Å². The topological polar surface area (TPSA) is 529 Å². The molecule has 100 heavy (non-hydrogen) atoms. The van der Waals surface area contributed by atoms with Crippen LogP contribution in [-0.2, 0) is 65.6 Å². The maximum absolute atomic E-state index is 14.5. The van der Waals surface area contributed by atoms with Crippen molar-refractivity contribution in [3.05, 3.63) is 71.8 Å². The molecule has 0 heterocycles. The van der Waals surface area contributed by atoms with E-state index < -0.39 is 131 Å². The second kappa shape index (κ2) is 49.5. The van der Waals surface area contributed by atoms with E-state index in [4.69, 9.17) is 45.9 Å². The van der Waals surface area contributed by atoms with Gasteiger partial charge in [0.15, 0.2) is 5.96 Å². The minimum Gasteiger partial charge on any atom is -0.370 e. The van der Waals surface area contributed by atoms with Crippen molar-refractivity contribution < 1.29 is 52.7 Å². The molecule has 0 saturated carbocycles. The van der Waals surface area contributed by atoms with E-state index >= 15 is 0 Å². The van der Waals surface area contributed by atoms with Crippen LogP contribution in [0, 0.1) is 17.8 Å². The van der Waals surface area contributed by atoms with Crippen LogP contribution in [0.1, 0.15) is 162 Å². The van der Waals surface area contributed by atoms with Gasteiger partial charge in [-0.3, -0.25) is 57.7 Å². The molecule has 26 N–H and O–H groups in total. The molecule has 2 aromatic carbocycles. The first kappa shape index (κ1) is 88.1. The van der Waals surface area contributed by atoms with E-state index in [0.29, 0.717) is 64.5 Å². The summed E-state index contributed by atoms with van der Waals surface area (Å²) in [6.45, 7) is 12.2. The van der Waals surface area contributed by atoms with Gasteiger partial charge in [0.25, 0.3) is 0 Å². The van der Waals surface area contributed by atoms with Crippen molar-refractivity contribution in [2.45, 2.75) is 230 Å². The fraction of sp³-hybridized carbons (Fsp3) is 0.652. The van der Waals surface area contributed by atoms with Crippen LogP contribution in [0.4, 0.5) is 0 Å². The first-order valence-corrected chi connectivity index (χ1v) is 35.8. The van der Waals surface area contributed by atoms with Gasteiger partial charge in [0.05, 0.1) is 6.04 Å². The highest BCUT2D eigenvalue weighted by atomic mass is 32.1. The Bertz CT molecular complexity index is 2860. The number of nitrogens with zero attached hydrogens (tertiary/aromatic N) is 1. The zero-order valence-corrected chi connectivity index (χ0v) is 60.4. The molecule has 0 bridgehead atoms. The first-order chi connectivity index (χ1) is 47.6. The van der Waals surface area contributed by atoms with Crippen molar-refractivity contribution in [2.24, 2.45) is 68.6 Å². The third-order valence-corrected chi connectivity index (χ3v) is 16.7. The van der Waals surface area contributed by atoms with Gasteiger partial charge >= 0.3 is 0 Å². The molecule has 0 fully saturated rings. The van der Waals surface area contributed by atoms with Gasteiger partial charge in [-0.1, -0.05) is 102 Å². The lowest BCUT2D eigenvalue weighted by Crippen LogP contribution is -2.61. The SMILES string of the molecule is CC(C)C[C@H](NC(=O)[C@@H](CCCN=C(N)N)NC(=O)[C@H](CCCCN)NC(=O)[C@H](N)Cc1ccccc1)C(=O)N[C@H](CCCCN)C(=O)N[C@@H](CS)C(=O)N[C@H](CC(C)C)C(=O)N[C@@H](CC(C)C)C(=O)N[C@H](CCCCN)C(=O)N[C@@H](CCCCN)C(=O)N[C@H](Cc1ccccc1)C(N)=O. The number of nitrogens with one attached hydrogen (secondary N) is 10. The summed E-state index contributed by atoms with van der Waals surface area (Å²) in [7, 11) is 0. The van der Waals surface area contributed by atoms with Crippen LogP contribution in [0.3, 0.4) is 0 Å². The number of unbranched alkanes of at least 4 members (excludes halogenated alkanes) is 4. The summed E-state index contributed by atoms with van der Waals surface area (Å²) in [4.78, 5) is 159. The summed E-state index contributed by atoms with van der Waals surface area (Å²) in [6.07, 6.45) is 4.77. The summed E-state index contributed by atoms with van der Waals surface area (Å²) in [5, 5.41) is 27.5. The first-order valence-electron chi connectivity index (χ1n) is 35.2. The average Bonchev–Trinajstić information content (AvgIpc) is 0.873. The van der Waals surface area contributed by atoms with Gasteiger partial charge in [0, 0.05) is 18.7 Å². The Labute approximate surface area is 595 Å². The van der Waals surface area contributed by atoms with Crippen molar-refractivity contribution in [3.63, 3.8) is 0 Å². The van der Waals surface area contributed by atoms with Gasteiger partial charge in [-0.25, -0.2) is 0 Å². The van der Waals surface area contributed by atoms with Crippen molar-refractivity contribution in [3.8, 4) is 0 Å². The summed E-state index contributed by atoms with van der Waals surface area (Å²) in [5.74, 6) is -9.11. The number of carbonyl (C=O) groups is 11. The summed E-state index contributed by atoms with van der Waals surface area (Å²) in [5.41, 5.74) is 48.0. The number of rotatable bonds is 52. The smallest absolute Gasteiger partial charge is 0.244 e. The number of guanidine groups is 1. The Morgan fingerprint density at radius 1 is 0.350 bits per heavy atom. The number of primary amides is 1. The maximum Gasteiger partial charge on any atom is 0.244 e. The lowest BCUT2D eigenvalue weighted by molar-refractivity contribution is -0.136. The molecule has 11 atom stereocenters. The third kappa shape index (κ3) is 35.9. The van der Waals surface area contributed by atoms with Crippen LogP contribution in [-0.4, -0.2) is 176 Å². The van der Waals surface area contributed by atoms with Gasteiger partial charge in [-0.05, 0) is 171 Å². The normalized spacial score (nSPS) is 14.6. The predicted octanol–water partition coefficient (Wildman–Crippen LogP) is -1.23. The molecule has 0 aliphatic carbocycles. The van der Waals surface area contributed by atoms with E-state index in [1.807, 2.05) is 77.9 Å². The fourth-order valence-corrected chi connectivity index (χ4v) is 11.1. The molecule has 0 aromatic heterocycles. The van der Waals surface area contributed by atoms with E-state index in [1.54, 1.807) is 24.3 Å². The van der Waals surface area contributed by atoms with E-state index in [0.717, 1.165) is 11.1 Å². The molecule has 0 aliphatic heterocycles. The van der Waals surface area contributed by atoms with Gasteiger partial charge in [-0.15, -0.1) is 0 Å². The summed E-state index contributed by atoms with van der Waals surface area (Å²) in [6, 6.07) is 4.66. The molecule has 31 heteroatoms. The molecule has 11 amide bonds. The molecule has 0 unspecified atom stereocenters. The molecule has 30 nitrogen and oxygen atoms in total. The number of nitrogens with two attached hydrogens (primary N) is 8. The van der Waals surface area contributed by atoms with Crippen molar-refractivity contribution >= 4 is 83.6 Å². The van der Waals surface area contributed by atoms with E-state index in [-0.39, 0.29) is 120 Å². The summed E-state index contributed by atoms with van der Waals surface area (Å²) >= 11 is 4.41. The van der Waals surface area contributed by atoms with Crippen molar-refractivity contribution in [1.82, 2.24) is 53.2 Å². The quantitative estimate of drug-likeness (QED) is 0.0160. The Hall–Kier alpha value is -7.97. The zero-order chi connectivity index (χ0) is 74.7. The second-order valence-electron chi connectivity index (χ2n) is 26.7. The number of benzene rings is 2. The molecule has 2 rings (SSSR count). The van der Waals surface area contributed by atoms with Crippen LogP contribution >= 0.6 is 12.6 Å². The summed E-state index contributed by atoms with van der Waals surface area (Å²) < 4.78 is 0. The predicted molar refractivity (Wildman–Crippen MR) is 391 cm³/mol. The highest BCUT2D eigenvalue weighted by molar-refractivity contribution is 7.80. The molecule has 0 radical (unpaired) electrons. The van der Waals surface area contributed by atoms with Gasteiger partial charge in [0.1, 0.15) is 60.4 Å². The number of amides is 11. The lowest BCUT2D eigenvalue weighted by Gasteiger charge is -2.29.